The molecule has 0 N–H and O–H groups in total. The fraction of sp³-hybridized carbons (Fsp3) is 0. The normalized spacial score (nSPS) is 11.5. The molecule has 318 valence electrons. The topological polar surface area (TPSA) is 9.86 Å². The molecule has 11 aromatic carbocycles. The van der Waals surface area contributed by atoms with E-state index in [1.165, 1.54) is 110 Å². The van der Waals surface area contributed by atoms with Crippen molar-refractivity contribution in [1.82, 2.24) is 9.13 Å². The average molecular weight is 865 g/mol. The van der Waals surface area contributed by atoms with E-state index >= 15 is 0 Å². The molecule has 2 heteroatoms. The molecule has 0 unspecified atom stereocenters. The van der Waals surface area contributed by atoms with E-state index in [-0.39, 0.29) is 0 Å². The monoisotopic (exact) mass is 864 g/mol. The molecule has 2 aromatic heterocycles. The van der Waals surface area contributed by atoms with E-state index in [1.807, 2.05) is 0 Å². The van der Waals surface area contributed by atoms with Crippen LogP contribution in [-0.4, -0.2) is 9.13 Å². The third kappa shape index (κ3) is 6.82. The van der Waals surface area contributed by atoms with Gasteiger partial charge < -0.3 is 9.13 Å². The molecule has 0 aliphatic heterocycles. The predicted molar refractivity (Wildman–Crippen MR) is 288 cm³/mol. The molecular formula is C66H44N2. The first kappa shape index (κ1) is 39.4. The van der Waals surface area contributed by atoms with Crippen LogP contribution in [0.1, 0.15) is 0 Å². The van der Waals surface area contributed by atoms with E-state index in [9.17, 15) is 0 Å². The van der Waals surface area contributed by atoms with Crippen LogP contribution >= 0.6 is 0 Å². The Balaban J connectivity index is 0.870. The lowest BCUT2D eigenvalue weighted by Crippen LogP contribution is -1.95. The van der Waals surface area contributed by atoms with Gasteiger partial charge in [0.1, 0.15) is 0 Å². The second kappa shape index (κ2) is 16.5. The Hall–Kier alpha value is -8.98. The molecule has 2 nitrogen and oxygen atoms in total. The molecule has 0 radical (unpaired) electrons. The summed E-state index contributed by atoms with van der Waals surface area (Å²) in [5.41, 5.74) is 21.5. The van der Waals surface area contributed by atoms with Crippen LogP contribution in [0.15, 0.2) is 267 Å². The summed E-state index contributed by atoms with van der Waals surface area (Å²) in [5, 5.41) is 5.06. The third-order valence-corrected chi connectivity index (χ3v) is 13.8. The van der Waals surface area contributed by atoms with Gasteiger partial charge in [0, 0.05) is 32.9 Å². The average Bonchev–Trinajstić information content (AvgIpc) is 3.94. The molecule has 0 saturated heterocycles. The van der Waals surface area contributed by atoms with Gasteiger partial charge in [-0.15, -0.1) is 0 Å². The second-order valence-corrected chi connectivity index (χ2v) is 17.7. The van der Waals surface area contributed by atoms with E-state index < -0.39 is 0 Å². The van der Waals surface area contributed by atoms with Crippen molar-refractivity contribution in [2.45, 2.75) is 0 Å². The minimum absolute atomic E-state index is 1.14. The Morgan fingerprint density at radius 1 is 0.176 bits per heavy atom. The highest BCUT2D eigenvalue weighted by molar-refractivity contribution is 6.10. The van der Waals surface area contributed by atoms with Crippen molar-refractivity contribution in [2.24, 2.45) is 0 Å². The highest BCUT2D eigenvalue weighted by Gasteiger charge is 2.16. The molecule has 13 aromatic rings. The largest absolute Gasteiger partial charge is 0.309 e. The van der Waals surface area contributed by atoms with E-state index in [4.69, 9.17) is 0 Å². The number of nitrogens with zero attached hydrogens (tertiary/aromatic N) is 2. The summed E-state index contributed by atoms with van der Waals surface area (Å²) in [6.07, 6.45) is 0. The van der Waals surface area contributed by atoms with Crippen molar-refractivity contribution in [1.29, 1.82) is 0 Å². The van der Waals surface area contributed by atoms with E-state index in [2.05, 4.69) is 276 Å². The first-order valence-electron chi connectivity index (χ1n) is 23.4. The highest BCUT2D eigenvalue weighted by atomic mass is 15.0. The lowest BCUT2D eigenvalue weighted by atomic mass is 9.90. The summed E-state index contributed by atoms with van der Waals surface area (Å²) in [6, 6.07) is 97.4. The number of fused-ring (bicyclic) bond motifs is 6. The third-order valence-electron chi connectivity index (χ3n) is 13.8. The maximum Gasteiger partial charge on any atom is 0.0541 e. The molecule has 0 atom stereocenters. The van der Waals surface area contributed by atoms with Crippen LogP contribution in [0.2, 0.25) is 0 Å². The van der Waals surface area contributed by atoms with Crippen LogP contribution < -0.4 is 0 Å². The molecule has 2 heterocycles. The summed E-state index contributed by atoms with van der Waals surface area (Å²) < 4.78 is 4.77. The minimum Gasteiger partial charge on any atom is -0.309 e. The molecule has 0 bridgehead atoms. The SMILES string of the molecule is c1ccc(-c2ccc(-c3cccc(-c4ccc(-c5ccc(-c6ccc(-n7c8ccccc8c8ccccc87)cc6)c(-c6ccc(-n7c8ccccc8c8ccccc87)cc6)c5)cc4)c3)cc2)cc1. The predicted octanol–water partition coefficient (Wildman–Crippen LogP) is 17.9. The first-order chi connectivity index (χ1) is 33.7. The fourth-order valence-corrected chi connectivity index (χ4v) is 10.4. The minimum atomic E-state index is 1.14. The molecule has 0 amide bonds. The number of hydrogen-bond donors (Lipinski definition) is 0. The standard InChI is InChI=1S/C66H44N2/c1-2-13-45(14-3-1)46-25-27-47(28-26-46)52-15-12-16-53(43-52)48-29-31-49(32-30-48)54-37-42-57(50-33-38-55(39-34-50)67-63-21-8-4-17-58(63)59-18-5-9-22-64(59)67)62(44-54)51-35-40-56(41-36-51)68-65-23-10-6-19-60(65)61-20-7-11-24-66(61)68/h1-44H. The van der Waals surface area contributed by atoms with Crippen molar-refractivity contribution in [3.8, 4) is 78.1 Å². The van der Waals surface area contributed by atoms with Gasteiger partial charge in [-0.05, 0) is 127 Å². The second-order valence-electron chi connectivity index (χ2n) is 17.7. The Kier molecular flexibility index (Phi) is 9.54. The molecule has 0 spiro atoms. The molecule has 0 saturated carbocycles. The van der Waals surface area contributed by atoms with Gasteiger partial charge in [0.15, 0.2) is 0 Å². The molecule has 0 aliphatic rings. The van der Waals surface area contributed by atoms with Crippen molar-refractivity contribution in [3.05, 3.63) is 267 Å². The van der Waals surface area contributed by atoms with E-state index in [1.54, 1.807) is 0 Å². The molecule has 0 aliphatic carbocycles. The lowest BCUT2D eigenvalue weighted by molar-refractivity contribution is 1.18. The van der Waals surface area contributed by atoms with Crippen LogP contribution in [0.3, 0.4) is 0 Å². The van der Waals surface area contributed by atoms with Gasteiger partial charge in [0.25, 0.3) is 0 Å². The summed E-state index contributed by atoms with van der Waals surface area (Å²) >= 11 is 0. The zero-order valence-corrected chi connectivity index (χ0v) is 37.3. The number of rotatable bonds is 8. The Morgan fingerprint density at radius 2 is 0.471 bits per heavy atom. The van der Waals surface area contributed by atoms with Crippen molar-refractivity contribution in [2.75, 3.05) is 0 Å². The van der Waals surface area contributed by atoms with Crippen molar-refractivity contribution < 1.29 is 0 Å². The van der Waals surface area contributed by atoms with Gasteiger partial charge in [0.05, 0.1) is 22.1 Å². The molecule has 68 heavy (non-hydrogen) atoms. The fourth-order valence-electron chi connectivity index (χ4n) is 10.4. The van der Waals surface area contributed by atoms with E-state index in [0.29, 0.717) is 0 Å². The van der Waals surface area contributed by atoms with Gasteiger partial charge in [-0.3, -0.25) is 0 Å². The summed E-state index contributed by atoms with van der Waals surface area (Å²) in [7, 11) is 0. The maximum atomic E-state index is 2.39. The lowest BCUT2D eigenvalue weighted by Gasteiger charge is -2.16. The summed E-state index contributed by atoms with van der Waals surface area (Å²) in [5.74, 6) is 0. The van der Waals surface area contributed by atoms with Crippen LogP contribution in [0.4, 0.5) is 0 Å². The van der Waals surface area contributed by atoms with Gasteiger partial charge in [0.2, 0.25) is 0 Å². The Labute approximate surface area is 395 Å². The van der Waals surface area contributed by atoms with Gasteiger partial charge in [-0.2, -0.15) is 0 Å². The van der Waals surface area contributed by atoms with Crippen LogP contribution in [0.5, 0.6) is 0 Å². The van der Waals surface area contributed by atoms with Crippen molar-refractivity contribution >= 4 is 43.6 Å². The number of hydrogen-bond acceptors (Lipinski definition) is 0. The zero-order chi connectivity index (χ0) is 45.0. The molecule has 0 fully saturated rings. The summed E-state index contributed by atoms with van der Waals surface area (Å²) in [6.45, 7) is 0. The van der Waals surface area contributed by atoms with Crippen LogP contribution in [0.25, 0.3) is 122 Å². The zero-order valence-electron chi connectivity index (χ0n) is 37.3. The van der Waals surface area contributed by atoms with Gasteiger partial charge in [-0.25, -0.2) is 0 Å². The smallest absolute Gasteiger partial charge is 0.0541 e. The maximum absolute atomic E-state index is 2.39. The van der Waals surface area contributed by atoms with Gasteiger partial charge in [-0.1, -0.05) is 206 Å². The van der Waals surface area contributed by atoms with Crippen molar-refractivity contribution in [3.63, 3.8) is 0 Å². The van der Waals surface area contributed by atoms with E-state index in [0.717, 1.165) is 11.4 Å². The number of para-hydroxylation sites is 4. The van der Waals surface area contributed by atoms with Gasteiger partial charge >= 0.3 is 0 Å². The van der Waals surface area contributed by atoms with Crippen LogP contribution in [0, 0.1) is 0 Å². The van der Waals surface area contributed by atoms with Crippen LogP contribution in [-0.2, 0) is 0 Å². The quantitative estimate of drug-likeness (QED) is 0.144. The first-order valence-corrected chi connectivity index (χ1v) is 23.4. The highest BCUT2D eigenvalue weighted by Crippen LogP contribution is 2.40. The summed E-state index contributed by atoms with van der Waals surface area (Å²) in [4.78, 5) is 0. The molecular weight excluding hydrogens is 821 g/mol. The number of aromatic nitrogens is 2. The Bertz CT molecular complexity index is 3860. The molecule has 13 rings (SSSR count). The number of benzene rings is 11. The Morgan fingerprint density at radius 3 is 0.897 bits per heavy atom.